The Morgan fingerprint density at radius 1 is 1.23 bits per heavy atom. The summed E-state index contributed by atoms with van der Waals surface area (Å²) in [6.45, 7) is 7.51. The maximum Gasteiger partial charge on any atom is 0.0841 e. The van der Waals surface area contributed by atoms with Gasteiger partial charge in [0.15, 0.2) is 0 Å². The van der Waals surface area contributed by atoms with Gasteiger partial charge in [0.25, 0.3) is 0 Å². The van der Waals surface area contributed by atoms with E-state index in [4.69, 9.17) is 5.73 Å². The fourth-order valence-electron chi connectivity index (χ4n) is 1.24. The van der Waals surface area contributed by atoms with Gasteiger partial charge < -0.3 is 10.8 Å². The minimum Gasteiger partial charge on any atom is -0.398 e. The Hall–Kier alpha value is -1.02. The Labute approximate surface area is 79.4 Å². The molecule has 1 aromatic rings. The van der Waals surface area contributed by atoms with Crippen molar-refractivity contribution >= 4 is 5.69 Å². The first-order chi connectivity index (χ1) is 5.82. The molecule has 0 fully saturated rings. The molecule has 0 radical (unpaired) electrons. The molecule has 2 nitrogen and oxygen atoms in total. The molecule has 0 spiro atoms. The molecular weight excluding hydrogens is 162 g/mol. The van der Waals surface area contributed by atoms with Gasteiger partial charge in [0.2, 0.25) is 0 Å². The second-order valence-electron chi connectivity index (χ2n) is 4.07. The van der Waals surface area contributed by atoms with E-state index >= 15 is 0 Å². The molecule has 0 heterocycles. The van der Waals surface area contributed by atoms with E-state index in [9.17, 15) is 5.11 Å². The van der Waals surface area contributed by atoms with E-state index in [-0.39, 0.29) is 0 Å². The van der Waals surface area contributed by atoms with E-state index in [1.807, 2.05) is 26.0 Å². The van der Waals surface area contributed by atoms with E-state index in [0.29, 0.717) is 0 Å². The van der Waals surface area contributed by atoms with Crippen molar-refractivity contribution in [1.82, 2.24) is 0 Å². The average Bonchev–Trinajstić information content (AvgIpc) is 1.97. The third-order valence-electron chi connectivity index (χ3n) is 2.41. The lowest BCUT2D eigenvalue weighted by Crippen LogP contribution is -2.16. The molecule has 1 rings (SSSR count). The van der Waals surface area contributed by atoms with Crippen molar-refractivity contribution in [1.29, 1.82) is 0 Å². The fourth-order valence-corrected chi connectivity index (χ4v) is 1.24. The van der Waals surface area contributed by atoms with E-state index in [0.717, 1.165) is 22.4 Å². The van der Waals surface area contributed by atoms with Gasteiger partial charge in [-0.2, -0.15) is 0 Å². The molecule has 0 amide bonds. The van der Waals surface area contributed by atoms with E-state index < -0.39 is 5.60 Å². The number of benzene rings is 1. The predicted molar refractivity (Wildman–Crippen MR) is 55.6 cm³/mol. The average molecular weight is 179 g/mol. The highest BCUT2D eigenvalue weighted by Gasteiger charge is 2.17. The lowest BCUT2D eigenvalue weighted by molar-refractivity contribution is 0.0786. The summed E-state index contributed by atoms with van der Waals surface area (Å²) in [5.41, 5.74) is 8.82. The van der Waals surface area contributed by atoms with Crippen LogP contribution in [0.25, 0.3) is 0 Å². The summed E-state index contributed by atoms with van der Waals surface area (Å²) in [6, 6.07) is 3.81. The zero-order valence-electron chi connectivity index (χ0n) is 8.68. The van der Waals surface area contributed by atoms with Gasteiger partial charge >= 0.3 is 0 Å². The Morgan fingerprint density at radius 2 is 1.77 bits per heavy atom. The van der Waals surface area contributed by atoms with Crippen LogP contribution in [0, 0.1) is 13.8 Å². The fraction of sp³-hybridized carbons (Fsp3) is 0.455. The molecule has 3 N–H and O–H groups in total. The second kappa shape index (κ2) is 3.04. The van der Waals surface area contributed by atoms with Gasteiger partial charge in [0.1, 0.15) is 0 Å². The minimum absolute atomic E-state index is 0.747. The van der Waals surface area contributed by atoms with Crippen LogP contribution in [-0.2, 0) is 5.60 Å². The van der Waals surface area contributed by atoms with Gasteiger partial charge in [0.05, 0.1) is 5.60 Å². The molecule has 0 aromatic heterocycles. The Bertz CT molecular complexity index is 300. The number of nitrogen functional groups attached to an aromatic ring is 1. The molecule has 0 aliphatic heterocycles. The summed E-state index contributed by atoms with van der Waals surface area (Å²) < 4.78 is 0. The van der Waals surface area contributed by atoms with Crippen molar-refractivity contribution in [2.75, 3.05) is 5.73 Å². The van der Waals surface area contributed by atoms with Crippen LogP contribution in [0.3, 0.4) is 0 Å². The lowest BCUT2D eigenvalue weighted by atomic mass is 9.94. The SMILES string of the molecule is Cc1cc(C(C)(C)O)cc(N)c1C. The summed E-state index contributed by atoms with van der Waals surface area (Å²) in [4.78, 5) is 0. The highest BCUT2D eigenvalue weighted by atomic mass is 16.3. The van der Waals surface area contributed by atoms with Gasteiger partial charge in [0, 0.05) is 5.69 Å². The summed E-state index contributed by atoms with van der Waals surface area (Å²) in [6.07, 6.45) is 0. The molecule has 2 heteroatoms. The maximum absolute atomic E-state index is 9.77. The Morgan fingerprint density at radius 3 is 2.15 bits per heavy atom. The first kappa shape index (κ1) is 10.1. The quantitative estimate of drug-likeness (QED) is 0.649. The van der Waals surface area contributed by atoms with Gasteiger partial charge in [-0.1, -0.05) is 6.07 Å². The molecule has 13 heavy (non-hydrogen) atoms. The molecule has 72 valence electrons. The Balaban J connectivity index is 3.29. The summed E-state index contributed by atoms with van der Waals surface area (Å²) in [7, 11) is 0. The number of nitrogens with two attached hydrogens (primary N) is 1. The van der Waals surface area contributed by atoms with Crippen molar-refractivity contribution in [2.24, 2.45) is 0 Å². The molecule has 0 aliphatic rings. The van der Waals surface area contributed by atoms with Crippen molar-refractivity contribution in [2.45, 2.75) is 33.3 Å². The molecule has 0 saturated carbocycles. The molecular formula is C11H17NO. The highest BCUT2D eigenvalue weighted by molar-refractivity contribution is 5.53. The zero-order valence-corrected chi connectivity index (χ0v) is 8.68. The third kappa shape index (κ3) is 2.01. The minimum atomic E-state index is -0.813. The number of hydrogen-bond donors (Lipinski definition) is 2. The topological polar surface area (TPSA) is 46.2 Å². The van der Waals surface area contributed by atoms with Crippen molar-refractivity contribution in [3.8, 4) is 0 Å². The van der Waals surface area contributed by atoms with Crippen molar-refractivity contribution in [3.63, 3.8) is 0 Å². The normalized spacial score (nSPS) is 11.8. The number of aliphatic hydroxyl groups is 1. The summed E-state index contributed by atoms with van der Waals surface area (Å²) in [5, 5.41) is 9.77. The van der Waals surface area contributed by atoms with E-state index in [2.05, 4.69) is 0 Å². The smallest absolute Gasteiger partial charge is 0.0841 e. The van der Waals surface area contributed by atoms with Gasteiger partial charge in [-0.25, -0.2) is 0 Å². The number of rotatable bonds is 1. The summed E-state index contributed by atoms with van der Waals surface area (Å²) in [5.74, 6) is 0. The second-order valence-corrected chi connectivity index (χ2v) is 4.07. The zero-order chi connectivity index (χ0) is 10.2. The molecule has 0 aliphatic carbocycles. The number of hydrogen-bond acceptors (Lipinski definition) is 2. The van der Waals surface area contributed by atoms with Crippen LogP contribution >= 0.6 is 0 Å². The van der Waals surface area contributed by atoms with Crippen LogP contribution in [0.2, 0.25) is 0 Å². The van der Waals surface area contributed by atoms with E-state index in [1.165, 1.54) is 0 Å². The third-order valence-corrected chi connectivity index (χ3v) is 2.41. The largest absolute Gasteiger partial charge is 0.398 e. The molecule has 0 saturated heterocycles. The first-order valence-corrected chi connectivity index (χ1v) is 4.42. The van der Waals surface area contributed by atoms with Crippen LogP contribution in [0.15, 0.2) is 12.1 Å². The van der Waals surface area contributed by atoms with Gasteiger partial charge in [-0.3, -0.25) is 0 Å². The first-order valence-electron chi connectivity index (χ1n) is 4.42. The standard InChI is InChI=1S/C11H17NO/c1-7-5-9(11(3,4)13)6-10(12)8(7)2/h5-6,13H,12H2,1-4H3. The molecule has 0 atom stereocenters. The van der Waals surface area contributed by atoms with Gasteiger partial charge in [-0.15, -0.1) is 0 Å². The number of anilines is 1. The van der Waals surface area contributed by atoms with Crippen LogP contribution in [0.1, 0.15) is 30.5 Å². The Kier molecular flexibility index (Phi) is 2.35. The van der Waals surface area contributed by atoms with Crippen LogP contribution in [0.5, 0.6) is 0 Å². The van der Waals surface area contributed by atoms with Crippen LogP contribution in [0.4, 0.5) is 5.69 Å². The predicted octanol–water partition coefficient (Wildman–Crippen LogP) is 2.11. The van der Waals surface area contributed by atoms with Gasteiger partial charge in [-0.05, 0) is 50.5 Å². The van der Waals surface area contributed by atoms with Crippen LogP contribution in [-0.4, -0.2) is 5.11 Å². The van der Waals surface area contributed by atoms with E-state index in [1.54, 1.807) is 13.8 Å². The molecule has 0 unspecified atom stereocenters. The van der Waals surface area contributed by atoms with Crippen LogP contribution < -0.4 is 5.73 Å². The van der Waals surface area contributed by atoms with Crippen molar-refractivity contribution in [3.05, 3.63) is 28.8 Å². The van der Waals surface area contributed by atoms with Crippen molar-refractivity contribution < 1.29 is 5.11 Å². The lowest BCUT2D eigenvalue weighted by Gasteiger charge is -2.20. The summed E-state index contributed by atoms with van der Waals surface area (Å²) >= 11 is 0. The highest BCUT2D eigenvalue weighted by Crippen LogP contribution is 2.26. The maximum atomic E-state index is 9.77. The number of aryl methyl sites for hydroxylation is 1. The monoisotopic (exact) mass is 179 g/mol. The molecule has 0 bridgehead atoms. The molecule has 1 aromatic carbocycles.